The molecule has 0 heterocycles. The molecule has 432 valence electrons. The average molecular weight is 1090 g/mol. The quantitative estimate of drug-likeness (QED) is 0.197. The Labute approximate surface area is 484 Å². The van der Waals surface area contributed by atoms with E-state index in [1.807, 2.05) is 0 Å². The van der Waals surface area contributed by atoms with Gasteiger partial charge >= 0.3 is 0 Å². The predicted molar refractivity (Wildman–Crippen MR) is 339 cm³/mol. The topological polar surface area (TPSA) is 0 Å². The van der Waals surface area contributed by atoms with Crippen molar-refractivity contribution >= 4 is 16.1 Å². The maximum Gasteiger partial charge on any atom is 0.0547 e. The molecule has 0 amide bonds. The molecule has 13 rings (SSSR count). The fraction of sp³-hybridized carbons (Fsp3) is 0.842. The Kier molecular flexibility index (Phi) is 16.6. The van der Waals surface area contributed by atoms with Crippen LogP contribution in [-0.4, -0.2) is 16.1 Å². The molecule has 11 saturated carbocycles. The van der Waals surface area contributed by atoms with Crippen LogP contribution >= 0.6 is 0 Å². The molecule has 11 aliphatic carbocycles. The van der Waals surface area contributed by atoms with Crippen molar-refractivity contribution in [2.24, 2.45) is 124 Å². The SMILES string of the molecule is CC(C)C1CC2C(C3CCC(C4CCCC5C4CC(C)C5[Si](C)(C)C4C(C)CC5C(C6CCCCC6c6ccccc6)CCCC54)CC3)CCCC2C1[Si](C)(C)C1C(C)CC2C(C3CCCCC3c3ccccc3)CCCC21. The first-order valence-electron chi connectivity index (χ1n) is 35.9. The molecule has 24 atom stereocenters. The normalized spacial score (nSPS) is 48.0. The van der Waals surface area contributed by atoms with Crippen LogP contribution < -0.4 is 0 Å². The minimum absolute atomic E-state index is 0.819. The predicted octanol–water partition coefficient (Wildman–Crippen LogP) is 22.6. The van der Waals surface area contributed by atoms with E-state index in [4.69, 9.17) is 0 Å². The van der Waals surface area contributed by atoms with Crippen LogP contribution in [0.3, 0.4) is 0 Å². The van der Waals surface area contributed by atoms with Crippen LogP contribution in [0, 0.1) is 124 Å². The highest BCUT2D eigenvalue weighted by Gasteiger charge is 2.64. The van der Waals surface area contributed by atoms with Crippen molar-refractivity contribution in [2.45, 2.75) is 275 Å². The molecule has 0 aromatic heterocycles. The van der Waals surface area contributed by atoms with Gasteiger partial charge in [-0.15, -0.1) is 0 Å². The van der Waals surface area contributed by atoms with Gasteiger partial charge in [-0.05, 0) is 272 Å². The van der Waals surface area contributed by atoms with E-state index in [9.17, 15) is 0 Å². The van der Waals surface area contributed by atoms with Gasteiger partial charge in [-0.3, -0.25) is 0 Å². The van der Waals surface area contributed by atoms with Gasteiger partial charge in [0.05, 0.1) is 16.1 Å². The molecule has 2 heteroatoms. The van der Waals surface area contributed by atoms with Gasteiger partial charge in [0.15, 0.2) is 0 Å². The van der Waals surface area contributed by atoms with E-state index < -0.39 is 16.1 Å². The van der Waals surface area contributed by atoms with Crippen LogP contribution in [0.5, 0.6) is 0 Å². The summed E-state index contributed by atoms with van der Waals surface area (Å²) in [5, 5.41) is 0. The van der Waals surface area contributed by atoms with Gasteiger partial charge in [0.1, 0.15) is 0 Å². The molecule has 78 heavy (non-hydrogen) atoms. The van der Waals surface area contributed by atoms with Crippen molar-refractivity contribution in [3.05, 3.63) is 71.8 Å². The minimum Gasteiger partial charge on any atom is -0.0689 e. The smallest absolute Gasteiger partial charge is 0.0547 e. The van der Waals surface area contributed by atoms with Crippen molar-refractivity contribution < 1.29 is 0 Å². The van der Waals surface area contributed by atoms with Crippen LogP contribution in [0.15, 0.2) is 60.7 Å². The maximum atomic E-state index is 3.05. The molecule has 0 saturated heterocycles. The Morgan fingerprint density at radius 2 is 0.615 bits per heavy atom. The maximum absolute atomic E-state index is 3.05. The van der Waals surface area contributed by atoms with Gasteiger partial charge in [-0.2, -0.15) is 0 Å². The molecule has 0 bridgehead atoms. The molecule has 0 radical (unpaired) electrons. The van der Waals surface area contributed by atoms with Gasteiger partial charge in [-0.25, -0.2) is 0 Å². The molecule has 2 aromatic rings. The first-order chi connectivity index (χ1) is 37.8. The fourth-order valence-corrected chi connectivity index (χ4v) is 41.6. The van der Waals surface area contributed by atoms with Crippen LogP contribution in [0.1, 0.15) is 237 Å². The standard InChI is InChI=1S/C76H120Si2/c1-48(2)68-47-72-59(33-21-39-67(72)76(68)78(8,9)75-51(5)46-71-63(35-23-38-66(71)75)61-31-19-17-29-57(61)53-26-14-11-15-27-53)55-42-40-54(41-43-55)58-32-20-36-64-69(58)44-49(3)73(64)77(6,7)74-50(4)45-70-62(34-22-37-65(70)74)60-30-18-16-28-56(60)52-24-12-10-13-25-52/h10-15,24-27,48-51,54-76H,16-23,28-47H2,1-9H3. The molecular weight excluding hydrogens is 969 g/mol. The van der Waals surface area contributed by atoms with Crippen LogP contribution in [0.4, 0.5) is 0 Å². The van der Waals surface area contributed by atoms with Crippen LogP contribution in [-0.2, 0) is 0 Å². The van der Waals surface area contributed by atoms with E-state index >= 15 is 0 Å². The molecule has 2 aromatic carbocycles. The van der Waals surface area contributed by atoms with Gasteiger partial charge in [0, 0.05) is 0 Å². The molecule has 0 aliphatic heterocycles. The molecule has 0 spiro atoms. The second kappa shape index (κ2) is 23.0. The third kappa shape index (κ3) is 9.93. The second-order valence-electron chi connectivity index (χ2n) is 33.8. The largest absolute Gasteiger partial charge is 0.0689 e. The van der Waals surface area contributed by atoms with Crippen molar-refractivity contribution in [3.8, 4) is 0 Å². The van der Waals surface area contributed by atoms with Crippen molar-refractivity contribution in [1.29, 1.82) is 0 Å². The Hall–Kier alpha value is -1.13. The van der Waals surface area contributed by atoms with Gasteiger partial charge in [-0.1, -0.05) is 199 Å². The lowest BCUT2D eigenvalue weighted by Gasteiger charge is -2.51. The zero-order chi connectivity index (χ0) is 53.6. The summed E-state index contributed by atoms with van der Waals surface area (Å²) >= 11 is 0. The van der Waals surface area contributed by atoms with Gasteiger partial charge in [0.2, 0.25) is 0 Å². The van der Waals surface area contributed by atoms with Crippen LogP contribution in [0.25, 0.3) is 0 Å². The Bertz CT molecular complexity index is 2250. The summed E-state index contributed by atoms with van der Waals surface area (Å²) in [5.74, 6) is 22.8. The van der Waals surface area contributed by atoms with Crippen molar-refractivity contribution in [3.63, 3.8) is 0 Å². The Morgan fingerprint density at radius 1 is 0.308 bits per heavy atom. The van der Waals surface area contributed by atoms with Crippen LogP contribution in [0.2, 0.25) is 48.4 Å². The lowest BCUT2D eigenvalue weighted by Crippen LogP contribution is -2.48. The van der Waals surface area contributed by atoms with E-state index in [0.29, 0.717) is 0 Å². The molecule has 24 unspecified atom stereocenters. The summed E-state index contributed by atoms with van der Waals surface area (Å²) in [4.78, 5) is 0. The highest BCUT2D eigenvalue weighted by atomic mass is 28.3. The van der Waals surface area contributed by atoms with E-state index in [-0.39, 0.29) is 0 Å². The minimum atomic E-state index is -1.60. The van der Waals surface area contributed by atoms with Gasteiger partial charge in [0.25, 0.3) is 0 Å². The van der Waals surface area contributed by atoms with Crippen molar-refractivity contribution in [1.82, 2.24) is 0 Å². The highest BCUT2D eigenvalue weighted by Crippen LogP contribution is 2.71. The zero-order valence-corrected chi connectivity index (χ0v) is 54.2. The van der Waals surface area contributed by atoms with E-state index in [1.54, 1.807) is 127 Å². The highest BCUT2D eigenvalue weighted by molar-refractivity contribution is 6.81. The average Bonchev–Trinajstić information content (AvgIpc) is 4.31. The number of hydrogen-bond acceptors (Lipinski definition) is 0. The number of hydrogen-bond donors (Lipinski definition) is 0. The van der Waals surface area contributed by atoms with E-state index in [2.05, 4.69) is 121 Å². The molecule has 11 aliphatic rings. The lowest BCUT2D eigenvalue weighted by atomic mass is 9.60. The first kappa shape index (κ1) is 56.0. The summed E-state index contributed by atoms with van der Waals surface area (Å²) in [6.45, 7) is 26.0. The molecule has 11 fully saturated rings. The fourth-order valence-electron chi connectivity index (χ4n) is 28.2. The number of fused-ring (bicyclic) bond motifs is 4. The van der Waals surface area contributed by atoms with E-state index in [0.717, 1.165) is 158 Å². The van der Waals surface area contributed by atoms with Gasteiger partial charge < -0.3 is 0 Å². The first-order valence-corrected chi connectivity index (χ1v) is 42.2. The summed E-state index contributed by atoms with van der Waals surface area (Å²) in [6.07, 6.45) is 43.5. The Balaban J connectivity index is 0.670. The molecular formula is C76H120Si2. The summed E-state index contributed by atoms with van der Waals surface area (Å²) < 4.78 is 0. The zero-order valence-electron chi connectivity index (χ0n) is 52.2. The molecule has 0 nitrogen and oxygen atoms in total. The Morgan fingerprint density at radius 3 is 1.01 bits per heavy atom. The summed E-state index contributed by atoms with van der Waals surface area (Å²) in [5.41, 5.74) is 7.66. The lowest BCUT2D eigenvalue weighted by molar-refractivity contribution is 0.0472. The number of rotatable bonds is 11. The third-order valence-electron chi connectivity index (χ3n) is 29.8. The molecule has 0 N–H and O–H groups in total. The summed E-state index contributed by atoms with van der Waals surface area (Å²) in [6, 6.07) is 23.9. The van der Waals surface area contributed by atoms with Crippen molar-refractivity contribution in [2.75, 3.05) is 0 Å². The second-order valence-corrected chi connectivity index (χ2v) is 43.8. The monoisotopic (exact) mass is 1090 g/mol. The third-order valence-corrected chi connectivity index (χ3v) is 40.6. The van der Waals surface area contributed by atoms with E-state index in [1.165, 1.54) is 64.2 Å². The summed E-state index contributed by atoms with van der Waals surface area (Å²) in [7, 11) is -3.14. The number of benzene rings is 2.